The van der Waals surface area contributed by atoms with Gasteiger partial charge in [-0.15, -0.1) is 0 Å². The SMILES string of the molecule is Cc1oc(C)c(C(Cc2cc(F)cc(Br)c2)NN)c1C. The Kier molecular flexibility index (Phi) is 4.62. The summed E-state index contributed by atoms with van der Waals surface area (Å²) in [7, 11) is 0. The van der Waals surface area contributed by atoms with Crippen LogP contribution in [0.3, 0.4) is 0 Å². The predicted molar refractivity (Wildman–Crippen MR) is 80.8 cm³/mol. The molecule has 2 aromatic rings. The fourth-order valence-electron chi connectivity index (χ4n) is 2.53. The summed E-state index contributed by atoms with van der Waals surface area (Å²) in [6.07, 6.45) is 0.591. The molecule has 0 amide bonds. The average molecular weight is 341 g/mol. The Morgan fingerprint density at radius 1 is 1.25 bits per heavy atom. The molecule has 0 bridgehead atoms. The number of furan rings is 1. The molecule has 0 aliphatic carbocycles. The molecular weight excluding hydrogens is 323 g/mol. The Morgan fingerprint density at radius 3 is 2.45 bits per heavy atom. The zero-order chi connectivity index (χ0) is 14.9. The third-order valence-electron chi connectivity index (χ3n) is 3.53. The van der Waals surface area contributed by atoms with Crippen LogP contribution in [-0.2, 0) is 6.42 Å². The van der Waals surface area contributed by atoms with Crippen molar-refractivity contribution < 1.29 is 8.81 Å². The number of nitrogens with one attached hydrogen (secondary N) is 1. The second-order valence-electron chi connectivity index (χ2n) is 4.95. The van der Waals surface area contributed by atoms with Gasteiger partial charge in [0.25, 0.3) is 0 Å². The molecule has 1 aromatic heterocycles. The van der Waals surface area contributed by atoms with Crippen molar-refractivity contribution in [3.05, 3.63) is 56.7 Å². The first-order valence-corrected chi connectivity index (χ1v) is 7.19. The van der Waals surface area contributed by atoms with E-state index in [9.17, 15) is 4.39 Å². The van der Waals surface area contributed by atoms with Gasteiger partial charge >= 0.3 is 0 Å². The van der Waals surface area contributed by atoms with E-state index in [0.717, 1.165) is 32.7 Å². The number of hydrogen-bond acceptors (Lipinski definition) is 3. The monoisotopic (exact) mass is 340 g/mol. The first-order chi connectivity index (χ1) is 9.42. The second kappa shape index (κ2) is 6.08. The molecule has 0 saturated carbocycles. The third kappa shape index (κ3) is 3.11. The van der Waals surface area contributed by atoms with Gasteiger partial charge in [-0.2, -0.15) is 0 Å². The average Bonchev–Trinajstić information content (AvgIpc) is 2.60. The van der Waals surface area contributed by atoms with Crippen molar-refractivity contribution in [3.8, 4) is 0 Å². The van der Waals surface area contributed by atoms with Gasteiger partial charge in [-0.3, -0.25) is 11.3 Å². The molecule has 0 aliphatic heterocycles. The van der Waals surface area contributed by atoms with Gasteiger partial charge in [-0.1, -0.05) is 15.9 Å². The maximum atomic E-state index is 13.4. The van der Waals surface area contributed by atoms with Crippen LogP contribution in [0.25, 0.3) is 0 Å². The van der Waals surface area contributed by atoms with Gasteiger partial charge in [-0.05, 0) is 56.5 Å². The molecule has 0 saturated heterocycles. The van der Waals surface area contributed by atoms with Crippen molar-refractivity contribution in [2.75, 3.05) is 0 Å². The molecule has 0 aliphatic rings. The summed E-state index contributed by atoms with van der Waals surface area (Å²) in [5.41, 5.74) is 5.81. The lowest BCUT2D eigenvalue weighted by Crippen LogP contribution is -2.30. The van der Waals surface area contributed by atoms with E-state index in [1.54, 1.807) is 0 Å². The molecule has 0 spiro atoms. The molecule has 1 atom stereocenters. The molecular formula is C15H18BrFN2O. The summed E-state index contributed by atoms with van der Waals surface area (Å²) < 4.78 is 19.8. The van der Waals surface area contributed by atoms with Crippen LogP contribution in [0, 0.1) is 26.6 Å². The summed E-state index contributed by atoms with van der Waals surface area (Å²) in [4.78, 5) is 0. The van der Waals surface area contributed by atoms with Crippen molar-refractivity contribution in [2.24, 2.45) is 5.84 Å². The van der Waals surface area contributed by atoms with Gasteiger partial charge in [0.1, 0.15) is 17.3 Å². The smallest absolute Gasteiger partial charge is 0.124 e. The van der Waals surface area contributed by atoms with Crippen molar-refractivity contribution in [3.63, 3.8) is 0 Å². The topological polar surface area (TPSA) is 51.2 Å². The molecule has 108 valence electrons. The first kappa shape index (κ1) is 15.2. The van der Waals surface area contributed by atoms with E-state index in [1.807, 2.05) is 26.8 Å². The summed E-state index contributed by atoms with van der Waals surface area (Å²) in [5.74, 6) is 7.15. The lowest BCUT2D eigenvalue weighted by molar-refractivity contribution is 0.484. The lowest BCUT2D eigenvalue weighted by Gasteiger charge is -2.17. The van der Waals surface area contributed by atoms with Crippen molar-refractivity contribution in [1.29, 1.82) is 0 Å². The molecule has 0 fully saturated rings. The molecule has 3 N–H and O–H groups in total. The van der Waals surface area contributed by atoms with Crippen LogP contribution in [0.15, 0.2) is 27.1 Å². The molecule has 5 heteroatoms. The van der Waals surface area contributed by atoms with Gasteiger partial charge in [0.05, 0.1) is 6.04 Å². The van der Waals surface area contributed by atoms with Gasteiger partial charge in [0.15, 0.2) is 0 Å². The number of halogens is 2. The predicted octanol–water partition coefficient (Wildman–Crippen LogP) is 3.85. The Labute approximate surface area is 126 Å². The Morgan fingerprint density at radius 2 is 1.95 bits per heavy atom. The molecule has 2 rings (SSSR count). The highest BCUT2D eigenvalue weighted by Gasteiger charge is 2.20. The van der Waals surface area contributed by atoms with Crippen LogP contribution < -0.4 is 11.3 Å². The Bertz CT molecular complexity index is 604. The first-order valence-electron chi connectivity index (χ1n) is 6.40. The zero-order valence-electron chi connectivity index (χ0n) is 11.8. The van der Waals surface area contributed by atoms with Crippen LogP contribution in [0.4, 0.5) is 4.39 Å². The van der Waals surface area contributed by atoms with E-state index in [4.69, 9.17) is 10.3 Å². The number of benzene rings is 1. The standard InChI is InChI=1S/C15H18BrFN2O/c1-8-9(2)20-10(3)15(8)14(19-18)6-11-4-12(16)7-13(17)5-11/h4-5,7,14,19H,6,18H2,1-3H3. The summed E-state index contributed by atoms with van der Waals surface area (Å²) in [6, 6.07) is 4.74. The normalized spacial score (nSPS) is 12.7. The number of hydrogen-bond donors (Lipinski definition) is 2. The van der Waals surface area contributed by atoms with Crippen LogP contribution in [0.5, 0.6) is 0 Å². The highest BCUT2D eigenvalue weighted by molar-refractivity contribution is 9.10. The van der Waals surface area contributed by atoms with Gasteiger partial charge in [0, 0.05) is 10.0 Å². The quantitative estimate of drug-likeness (QED) is 0.656. The van der Waals surface area contributed by atoms with Crippen LogP contribution in [-0.4, -0.2) is 0 Å². The third-order valence-corrected chi connectivity index (χ3v) is 3.99. The van der Waals surface area contributed by atoms with E-state index in [2.05, 4.69) is 21.4 Å². The van der Waals surface area contributed by atoms with Crippen molar-refractivity contribution in [1.82, 2.24) is 5.43 Å². The van der Waals surface area contributed by atoms with E-state index >= 15 is 0 Å². The van der Waals surface area contributed by atoms with Crippen LogP contribution >= 0.6 is 15.9 Å². The maximum absolute atomic E-state index is 13.4. The Hall–Kier alpha value is -1.17. The minimum atomic E-state index is -0.262. The number of aryl methyl sites for hydroxylation is 2. The number of nitrogens with two attached hydrogens (primary N) is 1. The van der Waals surface area contributed by atoms with E-state index in [0.29, 0.717) is 6.42 Å². The Balaban J connectivity index is 2.33. The maximum Gasteiger partial charge on any atom is 0.124 e. The summed E-state index contributed by atoms with van der Waals surface area (Å²) >= 11 is 3.30. The molecule has 3 nitrogen and oxygen atoms in total. The van der Waals surface area contributed by atoms with Crippen molar-refractivity contribution >= 4 is 15.9 Å². The molecule has 1 aromatic carbocycles. The fraction of sp³-hybridized carbons (Fsp3) is 0.333. The van der Waals surface area contributed by atoms with Crippen LogP contribution in [0.1, 0.15) is 34.3 Å². The van der Waals surface area contributed by atoms with Crippen molar-refractivity contribution in [2.45, 2.75) is 33.2 Å². The molecule has 0 radical (unpaired) electrons. The minimum absolute atomic E-state index is 0.110. The largest absolute Gasteiger partial charge is 0.466 e. The number of hydrazine groups is 1. The summed E-state index contributed by atoms with van der Waals surface area (Å²) in [5, 5.41) is 0. The zero-order valence-corrected chi connectivity index (χ0v) is 13.3. The molecule has 1 unspecified atom stereocenters. The van der Waals surface area contributed by atoms with E-state index in [-0.39, 0.29) is 11.9 Å². The van der Waals surface area contributed by atoms with Gasteiger partial charge in [0.2, 0.25) is 0 Å². The van der Waals surface area contributed by atoms with Gasteiger partial charge in [-0.25, -0.2) is 4.39 Å². The van der Waals surface area contributed by atoms with E-state index < -0.39 is 0 Å². The van der Waals surface area contributed by atoms with Gasteiger partial charge < -0.3 is 4.42 Å². The molecule has 20 heavy (non-hydrogen) atoms. The fourth-order valence-corrected chi connectivity index (χ4v) is 3.04. The molecule has 1 heterocycles. The minimum Gasteiger partial charge on any atom is -0.466 e. The van der Waals surface area contributed by atoms with Crippen LogP contribution in [0.2, 0.25) is 0 Å². The summed E-state index contributed by atoms with van der Waals surface area (Å²) in [6.45, 7) is 5.85. The number of rotatable bonds is 4. The lowest BCUT2D eigenvalue weighted by atomic mass is 9.96. The second-order valence-corrected chi connectivity index (χ2v) is 5.87. The van der Waals surface area contributed by atoms with E-state index in [1.165, 1.54) is 12.1 Å². The highest BCUT2D eigenvalue weighted by atomic mass is 79.9. The highest BCUT2D eigenvalue weighted by Crippen LogP contribution is 2.29.